The Morgan fingerprint density at radius 1 is 1.21 bits per heavy atom. The van der Waals surface area contributed by atoms with Gasteiger partial charge < -0.3 is 9.13 Å². The highest BCUT2D eigenvalue weighted by Gasteiger charge is 2.29. The summed E-state index contributed by atoms with van der Waals surface area (Å²) in [7, 11) is 0. The molecule has 6 nitrogen and oxygen atoms in total. The quantitative estimate of drug-likeness (QED) is 0.513. The second-order valence-corrected chi connectivity index (χ2v) is 6.83. The van der Waals surface area contributed by atoms with Crippen LogP contribution in [0.5, 0.6) is 0 Å². The van der Waals surface area contributed by atoms with Gasteiger partial charge >= 0.3 is 6.18 Å². The third kappa shape index (κ3) is 4.33. The topological polar surface area (TPSA) is 64.2 Å². The number of halogens is 3. The van der Waals surface area contributed by atoms with E-state index in [-0.39, 0.29) is 0 Å². The number of hydrogen-bond donors (Lipinski definition) is 1. The molecular formula is C20H22F3N5O. The van der Waals surface area contributed by atoms with Crippen molar-refractivity contribution in [3.8, 4) is 0 Å². The summed E-state index contributed by atoms with van der Waals surface area (Å²) in [5, 5.41) is 3.90. The van der Waals surface area contributed by atoms with Gasteiger partial charge in [0, 0.05) is 29.1 Å². The lowest BCUT2D eigenvalue weighted by Gasteiger charge is -2.12. The molecule has 9 heteroatoms. The van der Waals surface area contributed by atoms with Gasteiger partial charge in [0.2, 0.25) is 0 Å². The Hall–Kier alpha value is -3.10. The van der Waals surface area contributed by atoms with E-state index in [0.717, 1.165) is 23.4 Å². The number of alkyl halides is 3. The standard InChI is InChI=1S/C20H22F3N5O/c1-5-27-14(4)25-17-9-15(6-7-18(17)27)19(29)26-24-10-16-8-12(2)28(13(16)3)11-20(21,22)23/h6-10H,5,11H2,1-4H3,(H,26,29)/b24-10-. The highest BCUT2D eigenvalue weighted by Crippen LogP contribution is 2.22. The highest BCUT2D eigenvalue weighted by atomic mass is 19.4. The van der Waals surface area contributed by atoms with E-state index in [1.807, 2.05) is 24.5 Å². The van der Waals surface area contributed by atoms with Crippen LogP contribution >= 0.6 is 0 Å². The van der Waals surface area contributed by atoms with Crippen molar-refractivity contribution in [2.45, 2.75) is 47.0 Å². The van der Waals surface area contributed by atoms with E-state index in [1.165, 1.54) is 10.8 Å². The maximum absolute atomic E-state index is 12.7. The molecule has 1 aromatic carbocycles. The largest absolute Gasteiger partial charge is 0.406 e. The Balaban J connectivity index is 1.75. The summed E-state index contributed by atoms with van der Waals surface area (Å²) < 4.78 is 41.3. The lowest BCUT2D eigenvalue weighted by Crippen LogP contribution is -2.19. The van der Waals surface area contributed by atoms with Crippen molar-refractivity contribution in [3.63, 3.8) is 0 Å². The molecule has 0 atom stereocenters. The molecule has 3 rings (SSSR count). The number of carbonyl (C=O) groups is 1. The number of hydrazone groups is 1. The molecule has 0 saturated carbocycles. The van der Waals surface area contributed by atoms with Gasteiger partial charge in [-0.3, -0.25) is 4.79 Å². The molecule has 2 aromatic heterocycles. The van der Waals surface area contributed by atoms with E-state index in [0.29, 0.717) is 22.5 Å². The first kappa shape index (κ1) is 20.6. The number of carbonyl (C=O) groups excluding carboxylic acids is 1. The first-order chi connectivity index (χ1) is 13.6. The molecule has 0 aliphatic heterocycles. The van der Waals surface area contributed by atoms with Crippen LogP contribution in [-0.2, 0) is 13.1 Å². The summed E-state index contributed by atoms with van der Waals surface area (Å²) in [5.74, 6) is 0.447. The Bertz CT molecular complexity index is 1090. The summed E-state index contributed by atoms with van der Waals surface area (Å²) in [6.45, 7) is 6.83. The average molecular weight is 405 g/mol. The number of aryl methyl sites for hydroxylation is 3. The van der Waals surface area contributed by atoms with Crippen molar-refractivity contribution >= 4 is 23.2 Å². The van der Waals surface area contributed by atoms with Crippen molar-refractivity contribution in [1.82, 2.24) is 19.5 Å². The van der Waals surface area contributed by atoms with Crippen LogP contribution in [0.1, 0.15) is 40.1 Å². The fourth-order valence-electron chi connectivity index (χ4n) is 3.40. The predicted molar refractivity (Wildman–Crippen MR) is 105 cm³/mol. The molecule has 0 radical (unpaired) electrons. The summed E-state index contributed by atoms with van der Waals surface area (Å²) in [6, 6.07) is 6.81. The number of amides is 1. The zero-order valence-electron chi connectivity index (χ0n) is 16.6. The number of imidazole rings is 1. The summed E-state index contributed by atoms with van der Waals surface area (Å²) in [5.41, 5.74) is 5.90. The van der Waals surface area contributed by atoms with Crippen molar-refractivity contribution in [2.24, 2.45) is 5.10 Å². The SMILES string of the molecule is CCn1c(C)nc2cc(C(=O)N/N=C\c3cc(C)n(CC(F)(F)F)c3C)ccc21. The molecule has 3 aromatic rings. The predicted octanol–water partition coefficient (Wildman–Crippen LogP) is 4.11. The van der Waals surface area contributed by atoms with Crippen LogP contribution in [0.2, 0.25) is 0 Å². The molecule has 0 fully saturated rings. The van der Waals surface area contributed by atoms with Crippen LogP contribution in [0.3, 0.4) is 0 Å². The molecule has 0 saturated heterocycles. The summed E-state index contributed by atoms with van der Waals surface area (Å²) in [4.78, 5) is 16.8. The van der Waals surface area contributed by atoms with Gasteiger partial charge in [-0.15, -0.1) is 0 Å². The molecule has 0 aliphatic rings. The number of nitrogens with one attached hydrogen (secondary N) is 1. The molecular weight excluding hydrogens is 383 g/mol. The Labute approximate surface area is 166 Å². The van der Waals surface area contributed by atoms with Crippen molar-refractivity contribution in [2.75, 3.05) is 0 Å². The number of rotatable bonds is 5. The van der Waals surface area contributed by atoms with E-state index in [2.05, 4.69) is 15.5 Å². The van der Waals surface area contributed by atoms with E-state index in [4.69, 9.17) is 0 Å². The summed E-state index contributed by atoms with van der Waals surface area (Å²) >= 11 is 0. The van der Waals surface area contributed by atoms with Crippen molar-refractivity contribution < 1.29 is 18.0 Å². The molecule has 29 heavy (non-hydrogen) atoms. The zero-order chi connectivity index (χ0) is 21.3. The van der Waals surface area contributed by atoms with Crippen LogP contribution in [0.25, 0.3) is 11.0 Å². The highest BCUT2D eigenvalue weighted by molar-refractivity contribution is 5.98. The van der Waals surface area contributed by atoms with Gasteiger partial charge in [0.15, 0.2) is 0 Å². The minimum atomic E-state index is -4.31. The molecule has 1 amide bonds. The Morgan fingerprint density at radius 2 is 1.93 bits per heavy atom. The number of hydrogen-bond acceptors (Lipinski definition) is 3. The average Bonchev–Trinajstić information content (AvgIpc) is 3.09. The first-order valence-electron chi connectivity index (χ1n) is 9.14. The third-order valence-corrected chi connectivity index (χ3v) is 4.84. The van der Waals surface area contributed by atoms with Crippen LogP contribution in [0, 0.1) is 20.8 Å². The Morgan fingerprint density at radius 3 is 2.59 bits per heavy atom. The fourth-order valence-corrected chi connectivity index (χ4v) is 3.40. The maximum Gasteiger partial charge on any atom is 0.406 e. The van der Waals surface area contributed by atoms with Crippen LogP contribution in [0.15, 0.2) is 29.4 Å². The molecule has 2 heterocycles. The lowest BCUT2D eigenvalue weighted by molar-refractivity contribution is -0.141. The van der Waals surface area contributed by atoms with Crippen molar-refractivity contribution in [3.05, 3.63) is 52.6 Å². The van der Waals surface area contributed by atoms with Gasteiger partial charge in [-0.1, -0.05) is 0 Å². The van der Waals surface area contributed by atoms with Crippen LogP contribution in [-0.4, -0.2) is 32.4 Å². The monoisotopic (exact) mass is 405 g/mol. The van der Waals surface area contributed by atoms with Gasteiger partial charge in [0.25, 0.3) is 5.91 Å². The van der Waals surface area contributed by atoms with Gasteiger partial charge in [-0.2, -0.15) is 18.3 Å². The smallest absolute Gasteiger partial charge is 0.339 e. The molecule has 0 spiro atoms. The minimum Gasteiger partial charge on any atom is -0.339 e. The number of nitrogens with zero attached hydrogens (tertiary/aromatic N) is 4. The van der Waals surface area contributed by atoms with E-state index >= 15 is 0 Å². The maximum atomic E-state index is 12.7. The van der Waals surface area contributed by atoms with Gasteiger partial charge in [-0.25, -0.2) is 10.4 Å². The van der Waals surface area contributed by atoms with E-state index < -0.39 is 18.6 Å². The van der Waals surface area contributed by atoms with Gasteiger partial charge in [0.1, 0.15) is 12.4 Å². The molecule has 0 bridgehead atoms. The minimum absolute atomic E-state index is 0.401. The van der Waals surface area contributed by atoms with E-state index in [1.54, 1.807) is 32.0 Å². The number of benzene rings is 1. The fraction of sp³-hybridized carbons (Fsp3) is 0.350. The van der Waals surface area contributed by atoms with Crippen LogP contribution < -0.4 is 5.43 Å². The van der Waals surface area contributed by atoms with E-state index in [9.17, 15) is 18.0 Å². The van der Waals surface area contributed by atoms with Gasteiger partial charge in [0.05, 0.1) is 17.2 Å². The normalized spacial score (nSPS) is 12.2. The second kappa shape index (κ2) is 7.73. The third-order valence-electron chi connectivity index (χ3n) is 4.84. The van der Waals surface area contributed by atoms with Gasteiger partial charge in [-0.05, 0) is 52.0 Å². The zero-order valence-corrected chi connectivity index (χ0v) is 16.6. The number of aromatic nitrogens is 3. The second-order valence-electron chi connectivity index (χ2n) is 6.83. The first-order valence-corrected chi connectivity index (χ1v) is 9.14. The number of fused-ring (bicyclic) bond motifs is 1. The van der Waals surface area contributed by atoms with Crippen LogP contribution in [0.4, 0.5) is 13.2 Å². The lowest BCUT2D eigenvalue weighted by atomic mass is 10.2. The molecule has 0 aliphatic carbocycles. The van der Waals surface area contributed by atoms with Crippen molar-refractivity contribution in [1.29, 1.82) is 0 Å². The molecule has 1 N–H and O–H groups in total. The Kier molecular flexibility index (Phi) is 5.50. The molecule has 154 valence electrons. The summed E-state index contributed by atoms with van der Waals surface area (Å²) in [6.07, 6.45) is -2.96. The molecule has 0 unspecified atom stereocenters.